The van der Waals surface area contributed by atoms with Crippen molar-refractivity contribution in [1.82, 2.24) is 4.98 Å². The molecule has 2 rings (SSSR count). The van der Waals surface area contributed by atoms with Crippen LogP contribution in [0.3, 0.4) is 0 Å². The van der Waals surface area contributed by atoms with Crippen LogP contribution in [-0.4, -0.2) is 16.5 Å². The number of anilines is 1. The maximum atomic E-state index is 5.60. The molecule has 0 aromatic carbocycles. The summed E-state index contributed by atoms with van der Waals surface area (Å²) in [6, 6.07) is 3.75. The van der Waals surface area contributed by atoms with E-state index in [1.165, 1.54) is 12.8 Å². The second-order valence-electron chi connectivity index (χ2n) is 5.16. The fourth-order valence-corrected chi connectivity index (χ4v) is 2.19. The summed E-state index contributed by atoms with van der Waals surface area (Å²) in [5, 5.41) is 3.40. The zero-order valence-electron chi connectivity index (χ0n) is 10.4. The van der Waals surface area contributed by atoms with Crippen LogP contribution in [0.1, 0.15) is 32.3 Å². The summed E-state index contributed by atoms with van der Waals surface area (Å²) in [5.74, 6) is 1.58. The van der Waals surface area contributed by atoms with Crippen LogP contribution >= 0.6 is 12.2 Å². The van der Waals surface area contributed by atoms with Gasteiger partial charge in [0.05, 0.1) is 0 Å². The molecule has 0 radical (unpaired) electrons. The minimum atomic E-state index is 0.417. The maximum Gasteiger partial charge on any atom is 0.126 e. The normalized spacial score (nSPS) is 16.9. The zero-order valence-corrected chi connectivity index (χ0v) is 11.2. The van der Waals surface area contributed by atoms with E-state index < -0.39 is 0 Å². The van der Waals surface area contributed by atoms with Crippen LogP contribution in [0.15, 0.2) is 18.3 Å². The average molecular weight is 249 g/mol. The van der Waals surface area contributed by atoms with Crippen LogP contribution in [0, 0.1) is 11.3 Å². The van der Waals surface area contributed by atoms with E-state index in [1.807, 2.05) is 12.1 Å². The van der Waals surface area contributed by atoms with Crippen LogP contribution in [-0.2, 0) is 0 Å². The number of rotatable bonds is 5. The molecule has 0 saturated heterocycles. The lowest BCUT2D eigenvalue weighted by Gasteiger charge is -2.20. The van der Waals surface area contributed by atoms with Gasteiger partial charge in [0.1, 0.15) is 10.8 Å². The molecule has 0 atom stereocenters. The first-order valence-electron chi connectivity index (χ1n) is 6.03. The van der Waals surface area contributed by atoms with Crippen molar-refractivity contribution in [2.24, 2.45) is 17.1 Å². The molecule has 92 valence electrons. The summed E-state index contributed by atoms with van der Waals surface area (Å²) < 4.78 is 0. The Morgan fingerprint density at radius 3 is 2.82 bits per heavy atom. The van der Waals surface area contributed by atoms with E-state index in [0.29, 0.717) is 16.3 Å². The molecule has 1 saturated carbocycles. The molecule has 3 N–H and O–H groups in total. The molecule has 1 aliphatic carbocycles. The maximum absolute atomic E-state index is 5.60. The predicted molar refractivity (Wildman–Crippen MR) is 75.1 cm³/mol. The molecule has 3 nitrogen and oxygen atoms in total. The Hall–Kier alpha value is -1.16. The molecule has 4 heteroatoms. The van der Waals surface area contributed by atoms with Gasteiger partial charge in [-0.3, -0.25) is 0 Å². The minimum Gasteiger partial charge on any atom is -0.389 e. The molecule has 1 aromatic rings. The minimum absolute atomic E-state index is 0.417. The number of nitrogens with two attached hydrogens (primary N) is 1. The van der Waals surface area contributed by atoms with Crippen molar-refractivity contribution >= 4 is 23.0 Å². The van der Waals surface area contributed by atoms with Gasteiger partial charge in [0.2, 0.25) is 0 Å². The van der Waals surface area contributed by atoms with Gasteiger partial charge >= 0.3 is 0 Å². The van der Waals surface area contributed by atoms with Crippen molar-refractivity contribution < 1.29 is 0 Å². The van der Waals surface area contributed by atoms with Gasteiger partial charge in [0.25, 0.3) is 0 Å². The molecular formula is C13H19N3S. The van der Waals surface area contributed by atoms with Crippen LogP contribution in [0.4, 0.5) is 5.82 Å². The van der Waals surface area contributed by atoms with Crippen molar-refractivity contribution in [1.29, 1.82) is 0 Å². The monoisotopic (exact) mass is 249 g/mol. The smallest absolute Gasteiger partial charge is 0.126 e. The summed E-state index contributed by atoms with van der Waals surface area (Å²) in [4.78, 5) is 4.70. The summed E-state index contributed by atoms with van der Waals surface area (Å²) in [5.41, 5.74) is 6.94. The van der Waals surface area contributed by atoms with Crippen molar-refractivity contribution in [2.75, 3.05) is 11.9 Å². The van der Waals surface area contributed by atoms with Gasteiger partial charge in [-0.25, -0.2) is 4.98 Å². The van der Waals surface area contributed by atoms with Crippen molar-refractivity contribution in [2.45, 2.75) is 26.7 Å². The van der Waals surface area contributed by atoms with E-state index in [1.54, 1.807) is 6.20 Å². The van der Waals surface area contributed by atoms with Gasteiger partial charge in [-0.1, -0.05) is 26.1 Å². The first kappa shape index (κ1) is 12.3. The topological polar surface area (TPSA) is 50.9 Å². The molecule has 0 spiro atoms. The van der Waals surface area contributed by atoms with Gasteiger partial charge < -0.3 is 11.1 Å². The summed E-state index contributed by atoms with van der Waals surface area (Å²) in [7, 11) is 0. The first-order valence-corrected chi connectivity index (χ1v) is 6.44. The predicted octanol–water partition coefficient (Wildman–Crippen LogP) is 2.56. The third kappa shape index (κ3) is 2.75. The number of nitrogens with one attached hydrogen (secondary N) is 1. The fraction of sp³-hybridized carbons (Fsp3) is 0.538. The van der Waals surface area contributed by atoms with Crippen LogP contribution in [0.2, 0.25) is 0 Å². The Labute approximate surface area is 108 Å². The van der Waals surface area contributed by atoms with Gasteiger partial charge in [-0.15, -0.1) is 0 Å². The SMILES string of the molecule is CC(C)C1(CNc2cc(C(N)=S)ccn2)CC1. The lowest BCUT2D eigenvalue weighted by molar-refractivity contribution is 0.380. The molecule has 17 heavy (non-hydrogen) atoms. The Balaban J connectivity index is 2.00. The van der Waals surface area contributed by atoms with E-state index in [2.05, 4.69) is 24.1 Å². The van der Waals surface area contributed by atoms with Gasteiger partial charge in [-0.2, -0.15) is 0 Å². The molecule has 0 aliphatic heterocycles. The lowest BCUT2D eigenvalue weighted by atomic mass is 9.92. The largest absolute Gasteiger partial charge is 0.389 e. The molecular weight excluding hydrogens is 230 g/mol. The van der Waals surface area contributed by atoms with Gasteiger partial charge in [0, 0.05) is 18.3 Å². The summed E-state index contributed by atoms with van der Waals surface area (Å²) >= 11 is 4.96. The summed E-state index contributed by atoms with van der Waals surface area (Å²) in [6.07, 6.45) is 4.37. The second kappa shape index (κ2) is 4.61. The number of nitrogens with zero attached hydrogens (tertiary/aromatic N) is 1. The van der Waals surface area contributed by atoms with E-state index in [4.69, 9.17) is 18.0 Å². The molecule has 1 fully saturated rings. The van der Waals surface area contributed by atoms with E-state index in [-0.39, 0.29) is 0 Å². The third-order valence-electron chi connectivity index (χ3n) is 3.78. The molecule has 0 unspecified atom stereocenters. The second-order valence-corrected chi connectivity index (χ2v) is 5.60. The number of pyridine rings is 1. The Morgan fingerprint density at radius 2 is 2.29 bits per heavy atom. The lowest BCUT2D eigenvalue weighted by Crippen LogP contribution is -2.21. The molecule has 0 amide bonds. The van der Waals surface area contributed by atoms with E-state index in [9.17, 15) is 0 Å². The highest BCUT2D eigenvalue weighted by molar-refractivity contribution is 7.80. The quantitative estimate of drug-likeness (QED) is 0.787. The Morgan fingerprint density at radius 1 is 1.59 bits per heavy atom. The first-order chi connectivity index (χ1) is 8.03. The van der Waals surface area contributed by atoms with Gasteiger partial charge in [-0.05, 0) is 36.3 Å². The van der Waals surface area contributed by atoms with Crippen molar-refractivity contribution in [3.8, 4) is 0 Å². The number of hydrogen-bond donors (Lipinski definition) is 2. The number of aromatic nitrogens is 1. The third-order valence-corrected chi connectivity index (χ3v) is 4.02. The van der Waals surface area contributed by atoms with Crippen LogP contribution in [0.5, 0.6) is 0 Å². The highest BCUT2D eigenvalue weighted by Gasteiger charge is 2.44. The number of hydrogen-bond acceptors (Lipinski definition) is 3. The molecule has 1 aromatic heterocycles. The van der Waals surface area contributed by atoms with Crippen LogP contribution < -0.4 is 11.1 Å². The highest BCUT2D eigenvalue weighted by atomic mass is 32.1. The standard InChI is InChI=1S/C13H19N3S/c1-9(2)13(4-5-13)8-16-11-7-10(12(14)17)3-6-15-11/h3,6-7,9H,4-5,8H2,1-2H3,(H2,14,17)(H,15,16). The fourth-order valence-electron chi connectivity index (χ4n) is 2.07. The highest BCUT2D eigenvalue weighted by Crippen LogP contribution is 2.51. The zero-order chi connectivity index (χ0) is 12.5. The van der Waals surface area contributed by atoms with Crippen molar-refractivity contribution in [3.05, 3.63) is 23.9 Å². The average Bonchev–Trinajstić information content (AvgIpc) is 3.08. The molecule has 1 heterocycles. The molecule has 1 aliphatic rings. The Kier molecular flexibility index (Phi) is 3.33. The van der Waals surface area contributed by atoms with E-state index >= 15 is 0 Å². The molecule has 0 bridgehead atoms. The van der Waals surface area contributed by atoms with Gasteiger partial charge in [0.15, 0.2) is 0 Å². The summed E-state index contributed by atoms with van der Waals surface area (Å²) in [6.45, 7) is 5.56. The van der Waals surface area contributed by atoms with Crippen molar-refractivity contribution in [3.63, 3.8) is 0 Å². The van der Waals surface area contributed by atoms with E-state index in [0.717, 1.165) is 17.9 Å². The Bertz CT molecular complexity index is 424. The number of thiocarbonyl (C=S) groups is 1. The van der Waals surface area contributed by atoms with Crippen LogP contribution in [0.25, 0.3) is 0 Å².